The lowest BCUT2D eigenvalue weighted by Crippen LogP contribution is -2.33. The van der Waals surface area contributed by atoms with Crippen LogP contribution in [0.25, 0.3) is 0 Å². The van der Waals surface area contributed by atoms with Crippen molar-refractivity contribution in [3.05, 3.63) is 59.1 Å². The van der Waals surface area contributed by atoms with Crippen molar-refractivity contribution in [2.45, 2.75) is 26.8 Å². The molecule has 6 heteroatoms. The summed E-state index contributed by atoms with van der Waals surface area (Å²) in [7, 11) is 1.74. The van der Waals surface area contributed by atoms with Crippen molar-refractivity contribution in [3.8, 4) is 0 Å². The fraction of sp³-hybridized carbons (Fsp3) is 0.300. The molecule has 26 heavy (non-hydrogen) atoms. The van der Waals surface area contributed by atoms with E-state index in [9.17, 15) is 9.59 Å². The first-order valence-electron chi connectivity index (χ1n) is 8.48. The summed E-state index contributed by atoms with van der Waals surface area (Å²) < 4.78 is 0. The SMILES string of the molecule is CC(C)C(=O)Nc1ccc(NC(=O)N(C)C(C)c2ccc(Cl)cc2)cc1. The Labute approximate surface area is 159 Å². The Morgan fingerprint density at radius 3 is 1.88 bits per heavy atom. The van der Waals surface area contributed by atoms with Crippen LogP contribution < -0.4 is 10.6 Å². The van der Waals surface area contributed by atoms with Crippen molar-refractivity contribution in [2.24, 2.45) is 5.92 Å². The van der Waals surface area contributed by atoms with Gasteiger partial charge >= 0.3 is 6.03 Å². The molecule has 2 aromatic rings. The topological polar surface area (TPSA) is 61.4 Å². The van der Waals surface area contributed by atoms with Gasteiger partial charge in [-0.05, 0) is 48.9 Å². The van der Waals surface area contributed by atoms with Crippen LogP contribution in [0.3, 0.4) is 0 Å². The van der Waals surface area contributed by atoms with Gasteiger partial charge < -0.3 is 15.5 Å². The number of hydrogen-bond acceptors (Lipinski definition) is 2. The third-order valence-electron chi connectivity index (χ3n) is 4.18. The predicted octanol–water partition coefficient (Wildman–Crippen LogP) is 5.16. The van der Waals surface area contributed by atoms with Crippen LogP contribution in [-0.4, -0.2) is 23.9 Å². The van der Waals surface area contributed by atoms with E-state index in [1.165, 1.54) is 0 Å². The van der Waals surface area contributed by atoms with Crippen LogP contribution in [0.2, 0.25) is 5.02 Å². The molecule has 0 saturated heterocycles. The average molecular weight is 374 g/mol. The Bertz CT molecular complexity index is 758. The van der Waals surface area contributed by atoms with E-state index in [2.05, 4.69) is 10.6 Å². The van der Waals surface area contributed by atoms with Crippen LogP contribution in [0.1, 0.15) is 32.4 Å². The molecule has 138 valence electrons. The van der Waals surface area contributed by atoms with E-state index in [0.717, 1.165) is 5.56 Å². The van der Waals surface area contributed by atoms with Crippen molar-refractivity contribution in [2.75, 3.05) is 17.7 Å². The maximum Gasteiger partial charge on any atom is 0.322 e. The van der Waals surface area contributed by atoms with E-state index in [4.69, 9.17) is 11.6 Å². The van der Waals surface area contributed by atoms with Gasteiger partial charge in [0.15, 0.2) is 0 Å². The molecule has 0 aliphatic heterocycles. The number of amides is 3. The van der Waals surface area contributed by atoms with Crippen molar-refractivity contribution in [1.29, 1.82) is 0 Å². The van der Waals surface area contributed by atoms with E-state index in [0.29, 0.717) is 16.4 Å². The fourth-order valence-corrected chi connectivity index (χ4v) is 2.40. The molecule has 2 N–H and O–H groups in total. The minimum atomic E-state index is -0.216. The summed E-state index contributed by atoms with van der Waals surface area (Å²) in [6, 6.07) is 14.2. The summed E-state index contributed by atoms with van der Waals surface area (Å²) in [5, 5.41) is 6.34. The van der Waals surface area contributed by atoms with Crippen LogP contribution in [0.4, 0.5) is 16.2 Å². The van der Waals surface area contributed by atoms with Gasteiger partial charge in [-0.2, -0.15) is 0 Å². The quantitative estimate of drug-likeness (QED) is 0.760. The highest BCUT2D eigenvalue weighted by Crippen LogP contribution is 2.22. The number of benzene rings is 2. The van der Waals surface area contributed by atoms with Crippen LogP contribution >= 0.6 is 11.6 Å². The first-order chi connectivity index (χ1) is 12.3. The van der Waals surface area contributed by atoms with Gasteiger partial charge in [0, 0.05) is 29.4 Å². The molecule has 0 radical (unpaired) electrons. The molecule has 0 aromatic heterocycles. The third kappa shape index (κ3) is 5.23. The molecular formula is C20H24ClN3O2. The molecule has 1 atom stereocenters. The maximum atomic E-state index is 12.5. The summed E-state index contributed by atoms with van der Waals surface area (Å²) in [5.74, 6) is -0.129. The minimum Gasteiger partial charge on any atom is -0.326 e. The van der Waals surface area contributed by atoms with Crippen LogP contribution in [0, 0.1) is 5.92 Å². The smallest absolute Gasteiger partial charge is 0.322 e. The number of halogens is 1. The Hall–Kier alpha value is -2.53. The molecule has 5 nitrogen and oxygen atoms in total. The van der Waals surface area contributed by atoms with Gasteiger partial charge in [0.05, 0.1) is 6.04 Å². The largest absolute Gasteiger partial charge is 0.326 e. The third-order valence-corrected chi connectivity index (χ3v) is 4.43. The molecule has 0 heterocycles. The second-order valence-corrected chi connectivity index (χ2v) is 6.93. The molecule has 2 rings (SSSR count). The number of urea groups is 1. The highest BCUT2D eigenvalue weighted by atomic mass is 35.5. The summed E-state index contributed by atoms with van der Waals surface area (Å²) in [6.45, 7) is 5.62. The number of nitrogens with one attached hydrogen (secondary N) is 2. The number of nitrogens with zero attached hydrogens (tertiary/aromatic N) is 1. The van der Waals surface area contributed by atoms with Gasteiger partial charge in [0.2, 0.25) is 5.91 Å². The van der Waals surface area contributed by atoms with Crippen molar-refractivity contribution in [3.63, 3.8) is 0 Å². The van der Waals surface area contributed by atoms with E-state index in [-0.39, 0.29) is 23.9 Å². The molecule has 0 fully saturated rings. The van der Waals surface area contributed by atoms with Gasteiger partial charge in [-0.15, -0.1) is 0 Å². The molecule has 0 aliphatic carbocycles. The predicted molar refractivity (Wildman–Crippen MR) is 107 cm³/mol. The summed E-state index contributed by atoms with van der Waals surface area (Å²) in [5.41, 5.74) is 2.36. The van der Waals surface area contributed by atoms with Gasteiger partial charge in [0.1, 0.15) is 0 Å². The number of anilines is 2. The van der Waals surface area contributed by atoms with Gasteiger partial charge in [0.25, 0.3) is 0 Å². The van der Waals surface area contributed by atoms with Crippen molar-refractivity contribution in [1.82, 2.24) is 4.90 Å². The molecular weight excluding hydrogens is 350 g/mol. The molecule has 0 bridgehead atoms. The lowest BCUT2D eigenvalue weighted by molar-refractivity contribution is -0.118. The molecule has 3 amide bonds. The van der Waals surface area contributed by atoms with Crippen LogP contribution in [0.5, 0.6) is 0 Å². The Morgan fingerprint density at radius 2 is 1.38 bits per heavy atom. The van der Waals surface area contributed by atoms with Crippen LogP contribution in [-0.2, 0) is 4.79 Å². The van der Waals surface area contributed by atoms with Crippen LogP contribution in [0.15, 0.2) is 48.5 Å². The molecule has 1 unspecified atom stereocenters. The highest BCUT2D eigenvalue weighted by molar-refractivity contribution is 6.30. The van der Waals surface area contributed by atoms with E-state index >= 15 is 0 Å². The Morgan fingerprint density at radius 1 is 0.885 bits per heavy atom. The minimum absolute atomic E-state index is 0.0432. The normalized spacial score (nSPS) is 11.8. The first kappa shape index (κ1) is 19.8. The molecule has 2 aromatic carbocycles. The number of carbonyl (C=O) groups is 2. The number of hydrogen-bond donors (Lipinski definition) is 2. The zero-order chi connectivity index (χ0) is 19.3. The standard InChI is InChI=1S/C20H24ClN3O2/c1-13(2)19(25)22-17-9-11-18(12-10-17)23-20(26)24(4)14(3)15-5-7-16(21)8-6-15/h5-14H,1-4H3,(H,22,25)(H,23,26). The van der Waals surface area contributed by atoms with Gasteiger partial charge in [-0.25, -0.2) is 4.79 Å². The summed E-state index contributed by atoms with van der Waals surface area (Å²) in [4.78, 5) is 25.8. The Kier molecular flexibility index (Phi) is 6.64. The number of rotatable bonds is 5. The first-order valence-corrected chi connectivity index (χ1v) is 8.86. The van der Waals surface area contributed by atoms with E-state index in [1.54, 1.807) is 36.2 Å². The molecule has 0 spiro atoms. The Balaban J connectivity index is 1.97. The second-order valence-electron chi connectivity index (χ2n) is 6.49. The molecule has 0 aliphatic rings. The van der Waals surface area contributed by atoms with E-state index < -0.39 is 0 Å². The average Bonchev–Trinajstić information content (AvgIpc) is 2.62. The lowest BCUT2D eigenvalue weighted by Gasteiger charge is -2.25. The zero-order valence-electron chi connectivity index (χ0n) is 15.4. The molecule has 0 saturated carbocycles. The summed E-state index contributed by atoms with van der Waals surface area (Å²) in [6.07, 6.45) is 0. The van der Waals surface area contributed by atoms with Crippen molar-refractivity contribution < 1.29 is 9.59 Å². The summed E-state index contributed by atoms with van der Waals surface area (Å²) >= 11 is 5.91. The lowest BCUT2D eigenvalue weighted by atomic mass is 10.1. The number of carbonyl (C=O) groups excluding carboxylic acids is 2. The second kappa shape index (κ2) is 8.72. The fourth-order valence-electron chi connectivity index (χ4n) is 2.28. The maximum absolute atomic E-state index is 12.5. The van der Waals surface area contributed by atoms with Gasteiger partial charge in [-0.1, -0.05) is 37.6 Å². The van der Waals surface area contributed by atoms with Gasteiger partial charge in [-0.3, -0.25) is 4.79 Å². The monoisotopic (exact) mass is 373 g/mol. The highest BCUT2D eigenvalue weighted by Gasteiger charge is 2.17. The zero-order valence-corrected chi connectivity index (χ0v) is 16.2. The van der Waals surface area contributed by atoms with Crippen molar-refractivity contribution >= 4 is 34.9 Å². The van der Waals surface area contributed by atoms with E-state index in [1.807, 2.05) is 45.0 Å².